The largest absolute Gasteiger partial charge is 0.376 e. The summed E-state index contributed by atoms with van der Waals surface area (Å²) in [7, 11) is 0. The van der Waals surface area contributed by atoms with Crippen LogP contribution in [-0.4, -0.2) is 29.9 Å². The van der Waals surface area contributed by atoms with Gasteiger partial charge in [-0.1, -0.05) is 0 Å². The van der Waals surface area contributed by atoms with Crippen molar-refractivity contribution in [3.63, 3.8) is 0 Å². The number of carbonyl (C=O) groups excluding carboxylic acids is 1. The van der Waals surface area contributed by atoms with Crippen LogP contribution in [0.3, 0.4) is 0 Å². The van der Waals surface area contributed by atoms with Crippen LogP contribution in [0.25, 0.3) is 0 Å². The predicted octanol–water partition coefficient (Wildman–Crippen LogP) is 0.600. The highest BCUT2D eigenvalue weighted by Gasteiger charge is 2.37. The van der Waals surface area contributed by atoms with Gasteiger partial charge in [-0.2, -0.15) is 12.6 Å². The number of rotatable bonds is 2. The van der Waals surface area contributed by atoms with E-state index in [1.807, 2.05) is 13.8 Å². The Morgan fingerprint density at radius 3 is 2.92 bits per heavy atom. The first-order chi connectivity index (χ1) is 5.58. The Morgan fingerprint density at radius 2 is 2.50 bits per heavy atom. The zero-order chi connectivity index (χ0) is 9.19. The molecule has 0 saturated carbocycles. The molecule has 1 aliphatic rings. The van der Waals surface area contributed by atoms with E-state index in [0.717, 1.165) is 13.0 Å². The van der Waals surface area contributed by atoms with Crippen molar-refractivity contribution >= 4 is 18.5 Å². The summed E-state index contributed by atoms with van der Waals surface area (Å²) >= 11 is 3.90. The lowest BCUT2D eigenvalue weighted by atomic mass is 9.95. The number of carbonyl (C=O) groups is 1. The van der Waals surface area contributed by atoms with Crippen molar-refractivity contribution < 1.29 is 9.53 Å². The average molecular weight is 189 g/mol. The lowest BCUT2D eigenvalue weighted by molar-refractivity contribution is -0.120. The van der Waals surface area contributed by atoms with Crippen LogP contribution < -0.4 is 5.32 Å². The van der Waals surface area contributed by atoms with Crippen LogP contribution in [0.1, 0.15) is 20.3 Å². The van der Waals surface area contributed by atoms with Crippen LogP contribution in [-0.2, 0) is 9.53 Å². The number of ether oxygens (including phenoxy) is 1. The van der Waals surface area contributed by atoms with E-state index in [1.54, 1.807) is 0 Å². The number of thiol groups is 1. The fourth-order valence-electron chi connectivity index (χ4n) is 1.36. The summed E-state index contributed by atoms with van der Waals surface area (Å²) in [6.45, 7) is 4.71. The molecule has 2 atom stereocenters. The molecule has 1 amide bonds. The van der Waals surface area contributed by atoms with Gasteiger partial charge < -0.3 is 10.1 Å². The first kappa shape index (κ1) is 9.86. The van der Waals surface area contributed by atoms with Gasteiger partial charge in [0.1, 0.15) is 0 Å². The SMILES string of the molecule is CC1OCCC1(C)NC(=O)CS. The highest BCUT2D eigenvalue weighted by Crippen LogP contribution is 2.24. The molecule has 0 spiro atoms. The summed E-state index contributed by atoms with van der Waals surface area (Å²) in [6.07, 6.45) is 0.981. The molecular weight excluding hydrogens is 174 g/mol. The van der Waals surface area contributed by atoms with Crippen molar-refractivity contribution in [2.45, 2.75) is 31.9 Å². The average Bonchev–Trinajstić information content (AvgIpc) is 2.32. The van der Waals surface area contributed by atoms with Crippen molar-refractivity contribution in [2.24, 2.45) is 0 Å². The maximum absolute atomic E-state index is 11.1. The van der Waals surface area contributed by atoms with Crippen molar-refractivity contribution in [2.75, 3.05) is 12.4 Å². The molecule has 12 heavy (non-hydrogen) atoms. The van der Waals surface area contributed by atoms with E-state index >= 15 is 0 Å². The fourth-order valence-corrected chi connectivity index (χ4v) is 1.44. The van der Waals surface area contributed by atoms with Gasteiger partial charge in [-0.15, -0.1) is 0 Å². The molecule has 1 fully saturated rings. The minimum atomic E-state index is -0.195. The van der Waals surface area contributed by atoms with E-state index < -0.39 is 0 Å². The second-order valence-electron chi connectivity index (χ2n) is 3.39. The monoisotopic (exact) mass is 189 g/mol. The maximum Gasteiger partial charge on any atom is 0.230 e. The van der Waals surface area contributed by atoms with Crippen molar-refractivity contribution in [3.05, 3.63) is 0 Å². The van der Waals surface area contributed by atoms with E-state index in [4.69, 9.17) is 4.74 Å². The van der Waals surface area contributed by atoms with Gasteiger partial charge in [0, 0.05) is 6.61 Å². The van der Waals surface area contributed by atoms with Crippen molar-refractivity contribution in [1.82, 2.24) is 5.32 Å². The molecule has 0 radical (unpaired) electrons. The lowest BCUT2D eigenvalue weighted by Gasteiger charge is -2.28. The molecule has 70 valence electrons. The van der Waals surface area contributed by atoms with Crippen LogP contribution in [0.15, 0.2) is 0 Å². The summed E-state index contributed by atoms with van der Waals surface area (Å²) in [5.41, 5.74) is -0.195. The van der Waals surface area contributed by atoms with Crippen LogP contribution in [0.4, 0.5) is 0 Å². The molecule has 0 aromatic carbocycles. The molecule has 1 heterocycles. The molecular formula is C8H15NO2S. The highest BCUT2D eigenvalue weighted by atomic mass is 32.1. The minimum Gasteiger partial charge on any atom is -0.376 e. The van der Waals surface area contributed by atoms with E-state index in [0.29, 0.717) is 0 Å². The van der Waals surface area contributed by atoms with Gasteiger partial charge in [0.15, 0.2) is 0 Å². The molecule has 0 aromatic rings. The Balaban J connectivity index is 2.53. The predicted molar refractivity (Wildman–Crippen MR) is 50.4 cm³/mol. The third-order valence-electron chi connectivity index (χ3n) is 2.46. The van der Waals surface area contributed by atoms with Gasteiger partial charge in [0.25, 0.3) is 0 Å². The lowest BCUT2D eigenvalue weighted by Crippen LogP contribution is -2.51. The van der Waals surface area contributed by atoms with Crippen molar-refractivity contribution in [1.29, 1.82) is 0 Å². The topological polar surface area (TPSA) is 38.3 Å². The second-order valence-corrected chi connectivity index (χ2v) is 3.70. The summed E-state index contributed by atoms with van der Waals surface area (Å²) < 4.78 is 5.37. The second kappa shape index (κ2) is 3.66. The van der Waals surface area contributed by atoms with Gasteiger partial charge in [0.05, 0.1) is 17.4 Å². The van der Waals surface area contributed by atoms with Crippen LogP contribution in [0, 0.1) is 0 Å². The number of nitrogens with one attached hydrogen (secondary N) is 1. The summed E-state index contributed by atoms with van der Waals surface area (Å²) in [6, 6.07) is 0. The molecule has 3 nitrogen and oxygen atoms in total. The van der Waals surface area contributed by atoms with E-state index in [9.17, 15) is 4.79 Å². The van der Waals surface area contributed by atoms with Gasteiger partial charge in [-0.3, -0.25) is 4.79 Å². The normalized spacial score (nSPS) is 35.1. The van der Waals surface area contributed by atoms with Crippen LogP contribution >= 0.6 is 12.6 Å². The van der Waals surface area contributed by atoms with E-state index in [1.165, 1.54) is 0 Å². The molecule has 0 aliphatic carbocycles. The van der Waals surface area contributed by atoms with Crippen LogP contribution in [0.2, 0.25) is 0 Å². The van der Waals surface area contributed by atoms with Gasteiger partial charge in [-0.25, -0.2) is 0 Å². The van der Waals surface area contributed by atoms with E-state index in [2.05, 4.69) is 17.9 Å². The molecule has 1 aliphatic heterocycles. The number of hydrogen-bond donors (Lipinski definition) is 2. The molecule has 0 aromatic heterocycles. The minimum absolute atomic E-state index is 0.0295. The Morgan fingerprint density at radius 1 is 1.83 bits per heavy atom. The van der Waals surface area contributed by atoms with E-state index in [-0.39, 0.29) is 23.3 Å². The quantitative estimate of drug-likeness (QED) is 0.624. The smallest absolute Gasteiger partial charge is 0.230 e. The Kier molecular flexibility index (Phi) is 3.01. The van der Waals surface area contributed by atoms with Gasteiger partial charge in [-0.05, 0) is 20.3 Å². The Hall–Kier alpha value is -0.220. The summed E-state index contributed by atoms with van der Waals surface area (Å²) in [4.78, 5) is 11.1. The molecule has 1 N–H and O–H groups in total. The fraction of sp³-hybridized carbons (Fsp3) is 0.875. The summed E-state index contributed by atoms with van der Waals surface area (Å²) in [5.74, 6) is 0.209. The molecule has 2 unspecified atom stereocenters. The zero-order valence-corrected chi connectivity index (χ0v) is 8.36. The first-order valence-corrected chi connectivity index (χ1v) is 4.75. The van der Waals surface area contributed by atoms with Crippen molar-refractivity contribution in [3.8, 4) is 0 Å². The third kappa shape index (κ3) is 1.93. The van der Waals surface area contributed by atoms with Gasteiger partial charge in [0.2, 0.25) is 5.91 Å². The summed E-state index contributed by atoms with van der Waals surface area (Å²) in [5, 5.41) is 2.91. The molecule has 1 saturated heterocycles. The number of amides is 1. The van der Waals surface area contributed by atoms with Crippen LogP contribution in [0.5, 0.6) is 0 Å². The number of hydrogen-bond acceptors (Lipinski definition) is 3. The maximum atomic E-state index is 11.1. The van der Waals surface area contributed by atoms with Gasteiger partial charge >= 0.3 is 0 Å². The molecule has 4 heteroatoms. The highest BCUT2D eigenvalue weighted by molar-refractivity contribution is 7.81. The Bertz CT molecular complexity index is 186. The third-order valence-corrected chi connectivity index (χ3v) is 2.74. The Labute approximate surface area is 78.3 Å². The first-order valence-electron chi connectivity index (χ1n) is 4.12. The standard InChI is InChI=1S/C8H15NO2S/c1-6-8(2,3-4-11-6)9-7(10)5-12/h6,12H,3-5H2,1-2H3,(H,9,10). The molecule has 0 bridgehead atoms. The zero-order valence-electron chi connectivity index (χ0n) is 7.46. The molecule has 1 rings (SSSR count).